The smallest absolute Gasteiger partial charge is 0.287 e. The molecule has 1 amide bonds. The summed E-state index contributed by atoms with van der Waals surface area (Å²) in [6, 6.07) is 12.2. The fourth-order valence-electron chi connectivity index (χ4n) is 3.06. The number of benzene rings is 1. The molecule has 1 aliphatic heterocycles. The van der Waals surface area contributed by atoms with Gasteiger partial charge in [0, 0.05) is 32.7 Å². The Bertz CT molecular complexity index is 644. The molecule has 5 heteroatoms. The molecule has 2 aromatic rings. The van der Waals surface area contributed by atoms with Gasteiger partial charge in [-0.1, -0.05) is 29.8 Å². The maximum absolute atomic E-state index is 12.2. The number of carbonyl (C=O) groups excluding carboxylic acids is 1. The summed E-state index contributed by atoms with van der Waals surface area (Å²) in [6.45, 7) is 6.78. The third-order valence-electron chi connectivity index (χ3n) is 4.64. The number of amides is 1. The van der Waals surface area contributed by atoms with E-state index in [1.807, 2.05) is 0 Å². The summed E-state index contributed by atoms with van der Waals surface area (Å²) in [5.41, 5.74) is 2.49. The van der Waals surface area contributed by atoms with E-state index in [1.165, 1.54) is 17.4 Å². The van der Waals surface area contributed by atoms with Crippen LogP contribution in [0.3, 0.4) is 0 Å². The van der Waals surface area contributed by atoms with E-state index in [0.29, 0.717) is 12.3 Å². The fraction of sp³-hybridized carbons (Fsp3) is 0.421. The van der Waals surface area contributed by atoms with Crippen molar-refractivity contribution in [3.63, 3.8) is 0 Å². The van der Waals surface area contributed by atoms with Gasteiger partial charge in [0.15, 0.2) is 5.76 Å². The van der Waals surface area contributed by atoms with E-state index in [0.717, 1.165) is 26.2 Å². The minimum absolute atomic E-state index is 0.161. The Labute approximate surface area is 143 Å². The van der Waals surface area contributed by atoms with E-state index in [1.54, 1.807) is 12.1 Å². The number of furan rings is 1. The third-order valence-corrected chi connectivity index (χ3v) is 4.64. The first-order valence-corrected chi connectivity index (χ1v) is 8.44. The van der Waals surface area contributed by atoms with Crippen LogP contribution in [-0.2, 0) is 0 Å². The number of rotatable bonds is 5. The highest BCUT2D eigenvalue weighted by Gasteiger charge is 2.24. The molecular weight excluding hydrogens is 302 g/mol. The van der Waals surface area contributed by atoms with E-state index in [9.17, 15) is 4.79 Å². The van der Waals surface area contributed by atoms with Gasteiger partial charge in [-0.2, -0.15) is 0 Å². The van der Waals surface area contributed by atoms with Crippen molar-refractivity contribution in [2.45, 2.75) is 13.0 Å². The normalized spacial score (nSPS) is 17.6. The molecule has 1 fully saturated rings. The van der Waals surface area contributed by atoms with Crippen LogP contribution in [0, 0.1) is 6.92 Å². The maximum atomic E-state index is 12.2. The molecule has 5 nitrogen and oxygen atoms in total. The Morgan fingerprint density at radius 3 is 2.50 bits per heavy atom. The lowest BCUT2D eigenvalue weighted by Crippen LogP contribution is -2.48. The van der Waals surface area contributed by atoms with Gasteiger partial charge in [-0.3, -0.25) is 9.69 Å². The molecule has 0 spiro atoms. The van der Waals surface area contributed by atoms with Crippen molar-refractivity contribution < 1.29 is 9.21 Å². The Morgan fingerprint density at radius 2 is 1.88 bits per heavy atom. The number of nitrogens with zero attached hydrogens (tertiary/aromatic N) is 2. The van der Waals surface area contributed by atoms with E-state index in [-0.39, 0.29) is 11.9 Å². The highest BCUT2D eigenvalue weighted by atomic mass is 16.3. The summed E-state index contributed by atoms with van der Waals surface area (Å²) in [6.07, 6.45) is 1.52. The van der Waals surface area contributed by atoms with Crippen LogP contribution in [0.2, 0.25) is 0 Å². The second kappa shape index (κ2) is 7.64. The third kappa shape index (κ3) is 4.04. The predicted molar refractivity (Wildman–Crippen MR) is 94.0 cm³/mol. The van der Waals surface area contributed by atoms with Crippen LogP contribution in [0.4, 0.5) is 0 Å². The van der Waals surface area contributed by atoms with Gasteiger partial charge in [0.2, 0.25) is 0 Å². The van der Waals surface area contributed by atoms with Crippen molar-refractivity contribution in [1.82, 2.24) is 15.1 Å². The molecule has 0 unspecified atom stereocenters. The van der Waals surface area contributed by atoms with Crippen LogP contribution >= 0.6 is 0 Å². The van der Waals surface area contributed by atoms with E-state index < -0.39 is 0 Å². The molecule has 1 atom stereocenters. The summed E-state index contributed by atoms with van der Waals surface area (Å²) in [7, 11) is 2.15. The molecule has 1 aliphatic rings. The molecular formula is C19H25N3O2. The first-order valence-electron chi connectivity index (χ1n) is 8.44. The van der Waals surface area contributed by atoms with Crippen LogP contribution in [0.5, 0.6) is 0 Å². The summed E-state index contributed by atoms with van der Waals surface area (Å²) >= 11 is 0. The zero-order valence-corrected chi connectivity index (χ0v) is 14.4. The van der Waals surface area contributed by atoms with Gasteiger partial charge in [0.1, 0.15) is 0 Å². The van der Waals surface area contributed by atoms with Crippen LogP contribution in [0.1, 0.15) is 27.7 Å². The highest BCUT2D eigenvalue weighted by molar-refractivity contribution is 5.91. The van der Waals surface area contributed by atoms with Crippen LogP contribution in [-0.4, -0.2) is 55.5 Å². The van der Waals surface area contributed by atoms with Gasteiger partial charge in [0.25, 0.3) is 5.91 Å². The lowest BCUT2D eigenvalue weighted by molar-refractivity contribution is 0.0863. The van der Waals surface area contributed by atoms with E-state index in [2.05, 4.69) is 53.4 Å². The summed E-state index contributed by atoms with van der Waals surface area (Å²) in [5.74, 6) is 0.197. The van der Waals surface area contributed by atoms with Gasteiger partial charge in [-0.25, -0.2) is 0 Å². The van der Waals surface area contributed by atoms with Crippen molar-refractivity contribution in [2.75, 3.05) is 39.8 Å². The topological polar surface area (TPSA) is 48.7 Å². The maximum Gasteiger partial charge on any atom is 0.287 e. The van der Waals surface area contributed by atoms with Crippen molar-refractivity contribution in [3.8, 4) is 0 Å². The Balaban J connectivity index is 1.71. The lowest BCUT2D eigenvalue weighted by Gasteiger charge is -2.38. The molecule has 2 heterocycles. The molecule has 1 aromatic carbocycles. The average Bonchev–Trinajstić information content (AvgIpc) is 3.12. The summed E-state index contributed by atoms with van der Waals surface area (Å²) in [4.78, 5) is 17.0. The van der Waals surface area contributed by atoms with E-state index in [4.69, 9.17) is 4.42 Å². The monoisotopic (exact) mass is 327 g/mol. The van der Waals surface area contributed by atoms with Crippen molar-refractivity contribution >= 4 is 5.91 Å². The van der Waals surface area contributed by atoms with Crippen LogP contribution in [0.15, 0.2) is 47.1 Å². The standard InChI is InChI=1S/C19H25N3O2/c1-15-5-7-16(8-6-15)17(22-11-9-21(2)10-12-22)14-20-19(23)18-4-3-13-24-18/h3-8,13,17H,9-12,14H2,1-2H3,(H,20,23)/t17-/m0/s1. The van der Waals surface area contributed by atoms with Gasteiger partial charge in [0.05, 0.1) is 12.3 Å². The molecule has 24 heavy (non-hydrogen) atoms. The van der Waals surface area contributed by atoms with Gasteiger partial charge in [-0.15, -0.1) is 0 Å². The second-order valence-electron chi connectivity index (χ2n) is 6.45. The van der Waals surface area contributed by atoms with E-state index >= 15 is 0 Å². The molecule has 0 bridgehead atoms. The van der Waals surface area contributed by atoms with Gasteiger partial charge < -0.3 is 14.6 Å². The summed E-state index contributed by atoms with van der Waals surface area (Å²) < 4.78 is 5.18. The number of carbonyl (C=O) groups is 1. The fourth-order valence-corrected chi connectivity index (χ4v) is 3.06. The SMILES string of the molecule is Cc1ccc([C@H](CNC(=O)c2ccco2)N2CCN(C)CC2)cc1. The zero-order valence-electron chi connectivity index (χ0n) is 14.4. The quantitative estimate of drug-likeness (QED) is 0.915. The molecule has 128 valence electrons. The van der Waals surface area contributed by atoms with Gasteiger partial charge >= 0.3 is 0 Å². The first kappa shape index (κ1) is 16.7. The minimum Gasteiger partial charge on any atom is -0.459 e. The number of likely N-dealkylation sites (N-methyl/N-ethyl adjacent to an activating group) is 1. The Hall–Kier alpha value is -2.11. The van der Waals surface area contributed by atoms with Crippen LogP contribution in [0.25, 0.3) is 0 Å². The number of hydrogen-bond donors (Lipinski definition) is 1. The largest absolute Gasteiger partial charge is 0.459 e. The molecule has 3 rings (SSSR count). The zero-order chi connectivity index (χ0) is 16.9. The second-order valence-corrected chi connectivity index (χ2v) is 6.45. The molecule has 0 saturated carbocycles. The minimum atomic E-state index is -0.161. The summed E-state index contributed by atoms with van der Waals surface area (Å²) in [5, 5.41) is 3.02. The predicted octanol–water partition coefficient (Wildman–Crippen LogP) is 2.31. The Kier molecular flexibility index (Phi) is 5.33. The molecule has 0 radical (unpaired) electrons. The Morgan fingerprint density at radius 1 is 1.17 bits per heavy atom. The number of piperazine rings is 1. The highest BCUT2D eigenvalue weighted by Crippen LogP contribution is 2.22. The van der Waals surface area contributed by atoms with Crippen LogP contribution < -0.4 is 5.32 Å². The molecule has 0 aliphatic carbocycles. The molecule has 1 saturated heterocycles. The van der Waals surface area contributed by atoms with Crippen molar-refractivity contribution in [1.29, 1.82) is 0 Å². The molecule has 1 N–H and O–H groups in total. The van der Waals surface area contributed by atoms with Crippen molar-refractivity contribution in [3.05, 3.63) is 59.5 Å². The lowest BCUT2D eigenvalue weighted by atomic mass is 10.0. The average molecular weight is 327 g/mol. The van der Waals surface area contributed by atoms with Gasteiger partial charge in [-0.05, 0) is 31.7 Å². The number of nitrogens with one attached hydrogen (secondary N) is 1. The van der Waals surface area contributed by atoms with Crippen molar-refractivity contribution in [2.24, 2.45) is 0 Å². The molecule has 1 aromatic heterocycles. The number of hydrogen-bond acceptors (Lipinski definition) is 4. The first-order chi connectivity index (χ1) is 11.6. The number of aryl methyl sites for hydroxylation is 1.